The van der Waals surface area contributed by atoms with Crippen LogP contribution in [0.2, 0.25) is 0 Å². The van der Waals surface area contributed by atoms with Gasteiger partial charge in [-0.25, -0.2) is 9.97 Å². The van der Waals surface area contributed by atoms with Gasteiger partial charge in [0.25, 0.3) is 0 Å². The second-order valence-electron chi connectivity index (χ2n) is 2.74. The summed E-state index contributed by atoms with van der Waals surface area (Å²) < 4.78 is 9.50. The van der Waals surface area contributed by atoms with Crippen molar-refractivity contribution in [3.63, 3.8) is 0 Å². The summed E-state index contributed by atoms with van der Waals surface area (Å²) in [5.41, 5.74) is 1.09. The zero-order chi connectivity index (χ0) is 9.68. The van der Waals surface area contributed by atoms with E-state index in [4.69, 9.17) is 0 Å². The summed E-state index contributed by atoms with van der Waals surface area (Å²) in [7, 11) is 0.500. The molecule has 2 rings (SSSR count). The maximum Gasteiger partial charge on any atom is 0.116 e. The molecule has 0 N–H and O–H groups in total. The zero-order valence-electron chi connectivity index (χ0n) is 7.92. The molecule has 1 aromatic rings. The summed E-state index contributed by atoms with van der Waals surface area (Å²) in [5.74, 6) is 0. The highest BCUT2D eigenvalue weighted by Gasteiger charge is 1.96. The molecule has 0 saturated heterocycles. The maximum atomic E-state index is 9.50. The van der Waals surface area contributed by atoms with Crippen LogP contribution in [0, 0.1) is 6.92 Å². The first kappa shape index (κ1) is 9.84. The van der Waals surface area contributed by atoms with Crippen LogP contribution >= 0.6 is 0 Å². The lowest BCUT2D eigenvalue weighted by Gasteiger charge is -1.99. The van der Waals surface area contributed by atoms with Crippen LogP contribution in [0.1, 0.15) is 18.5 Å². The van der Waals surface area contributed by atoms with Crippen LogP contribution in [0.15, 0.2) is 6.33 Å². The highest BCUT2D eigenvalue weighted by atomic mass is 19.1. The van der Waals surface area contributed by atoms with Gasteiger partial charge < -0.3 is 0 Å². The third-order valence-electron chi connectivity index (χ3n) is 1.97. The summed E-state index contributed by atoms with van der Waals surface area (Å²) >= 11 is 0. The van der Waals surface area contributed by atoms with Crippen molar-refractivity contribution in [3.05, 3.63) is 22.6 Å². The third-order valence-corrected chi connectivity index (χ3v) is 1.97. The Balaban J connectivity index is 0.000000396. The van der Waals surface area contributed by atoms with Gasteiger partial charge in [0.2, 0.25) is 0 Å². The molecular formula is C10H13FN2. The van der Waals surface area contributed by atoms with E-state index in [1.165, 1.54) is 5.22 Å². The molecule has 70 valence electrons. The molecule has 0 amide bonds. The number of hydrogen-bond acceptors (Lipinski definition) is 2. The Kier molecular flexibility index (Phi) is 3.55. The number of fused-ring (bicyclic) bond motifs is 1. The van der Waals surface area contributed by atoms with E-state index in [9.17, 15) is 4.39 Å². The smallest absolute Gasteiger partial charge is 0.116 e. The zero-order valence-corrected chi connectivity index (χ0v) is 7.92. The summed E-state index contributed by atoms with van der Waals surface area (Å²) in [6, 6.07) is 0. The van der Waals surface area contributed by atoms with Gasteiger partial charge >= 0.3 is 0 Å². The van der Waals surface area contributed by atoms with E-state index in [1.54, 1.807) is 6.33 Å². The van der Waals surface area contributed by atoms with Gasteiger partial charge in [-0.05, 0) is 19.8 Å². The van der Waals surface area contributed by atoms with Gasteiger partial charge in [-0.2, -0.15) is 0 Å². The number of alkyl halides is 1. The minimum atomic E-state index is 0.500. The number of aryl methyl sites for hydroxylation is 1. The normalized spacial score (nSPS) is 12.8. The Morgan fingerprint density at radius 1 is 1.15 bits per heavy atom. The summed E-state index contributed by atoms with van der Waals surface area (Å²) in [4.78, 5) is 8.31. The van der Waals surface area contributed by atoms with Crippen molar-refractivity contribution in [2.75, 3.05) is 7.18 Å². The van der Waals surface area contributed by atoms with Crippen molar-refractivity contribution >= 4 is 12.2 Å². The fraction of sp³-hybridized carbons (Fsp3) is 0.400. The van der Waals surface area contributed by atoms with E-state index >= 15 is 0 Å². The summed E-state index contributed by atoms with van der Waals surface area (Å²) in [5, 5.41) is 2.32. The molecule has 0 radical (unpaired) electrons. The van der Waals surface area contributed by atoms with E-state index < -0.39 is 0 Å². The van der Waals surface area contributed by atoms with Crippen LogP contribution in [-0.4, -0.2) is 17.1 Å². The van der Waals surface area contributed by atoms with Crippen molar-refractivity contribution in [1.29, 1.82) is 0 Å². The lowest BCUT2D eigenvalue weighted by molar-refractivity contribution is 0.636. The number of rotatable bonds is 0. The van der Waals surface area contributed by atoms with Crippen LogP contribution in [-0.2, 0) is 0 Å². The van der Waals surface area contributed by atoms with Crippen LogP contribution in [0.3, 0.4) is 0 Å². The quantitative estimate of drug-likeness (QED) is 0.588. The maximum absolute atomic E-state index is 9.50. The largest absolute Gasteiger partial charge is 0.255 e. The van der Waals surface area contributed by atoms with Crippen LogP contribution < -0.4 is 10.6 Å². The number of nitrogens with zero attached hydrogens (tertiary/aromatic N) is 2. The number of halogens is 1. The predicted octanol–water partition coefficient (Wildman–Crippen LogP) is 0.726. The van der Waals surface area contributed by atoms with Gasteiger partial charge in [0.1, 0.15) is 6.33 Å². The predicted molar refractivity (Wildman–Crippen MR) is 51.2 cm³/mol. The minimum absolute atomic E-state index is 0.500. The van der Waals surface area contributed by atoms with E-state index in [1.807, 2.05) is 6.92 Å². The second-order valence-corrected chi connectivity index (χ2v) is 2.74. The highest BCUT2D eigenvalue weighted by Crippen LogP contribution is 1.93. The SMILES string of the molecule is CF.Cc1ncnc2c1=CCCC=2. The van der Waals surface area contributed by atoms with Crippen molar-refractivity contribution in [3.8, 4) is 0 Å². The molecule has 0 aliphatic heterocycles. The van der Waals surface area contributed by atoms with Crippen molar-refractivity contribution in [2.45, 2.75) is 19.8 Å². The molecule has 0 aromatic carbocycles. The summed E-state index contributed by atoms with van der Waals surface area (Å²) in [6.45, 7) is 2.02. The van der Waals surface area contributed by atoms with Crippen LogP contribution in [0.5, 0.6) is 0 Å². The Labute approximate surface area is 76.8 Å². The molecule has 1 aliphatic carbocycles. The Bertz CT molecular complexity index is 384. The molecule has 0 unspecified atom stereocenters. The van der Waals surface area contributed by atoms with Gasteiger partial charge in [-0.3, -0.25) is 4.39 Å². The lowest BCUT2D eigenvalue weighted by atomic mass is 10.1. The van der Waals surface area contributed by atoms with Gasteiger partial charge in [0, 0.05) is 10.9 Å². The Morgan fingerprint density at radius 2 is 1.85 bits per heavy atom. The lowest BCUT2D eigenvalue weighted by Crippen LogP contribution is -2.33. The molecule has 0 spiro atoms. The molecule has 0 bridgehead atoms. The summed E-state index contributed by atoms with van der Waals surface area (Å²) in [6.07, 6.45) is 8.25. The molecule has 1 aromatic heterocycles. The molecule has 13 heavy (non-hydrogen) atoms. The van der Waals surface area contributed by atoms with Crippen molar-refractivity contribution < 1.29 is 4.39 Å². The number of hydrogen-bond donors (Lipinski definition) is 0. The van der Waals surface area contributed by atoms with Crippen LogP contribution in [0.4, 0.5) is 4.39 Å². The van der Waals surface area contributed by atoms with Crippen molar-refractivity contribution in [1.82, 2.24) is 9.97 Å². The average Bonchev–Trinajstić information content (AvgIpc) is 2.22. The molecule has 3 heteroatoms. The second kappa shape index (κ2) is 4.70. The van der Waals surface area contributed by atoms with Gasteiger partial charge in [0.05, 0.1) is 12.5 Å². The first-order valence-corrected chi connectivity index (χ1v) is 4.24. The first-order valence-electron chi connectivity index (χ1n) is 4.24. The fourth-order valence-corrected chi connectivity index (χ4v) is 1.36. The fourth-order valence-electron chi connectivity index (χ4n) is 1.36. The molecule has 0 atom stereocenters. The highest BCUT2D eigenvalue weighted by molar-refractivity contribution is 5.36. The third kappa shape index (κ3) is 2.11. The van der Waals surface area contributed by atoms with E-state index in [-0.39, 0.29) is 0 Å². The number of aromatic nitrogens is 2. The van der Waals surface area contributed by atoms with Crippen molar-refractivity contribution in [2.24, 2.45) is 0 Å². The molecule has 0 fully saturated rings. The standard InChI is InChI=1S/C9H10N2.CH3F/c1-7-8-4-2-3-5-9(8)11-6-10-7;1-2/h4-6H,2-3H2,1H3;1H3. The molecule has 1 heterocycles. The topological polar surface area (TPSA) is 25.8 Å². The monoisotopic (exact) mass is 180 g/mol. The Hall–Kier alpha value is -1.25. The minimum Gasteiger partial charge on any atom is -0.255 e. The van der Waals surface area contributed by atoms with Gasteiger partial charge in [-0.1, -0.05) is 12.2 Å². The molecule has 2 nitrogen and oxygen atoms in total. The molecular weight excluding hydrogens is 167 g/mol. The molecule has 0 saturated carbocycles. The van der Waals surface area contributed by atoms with Gasteiger partial charge in [0.15, 0.2) is 0 Å². The van der Waals surface area contributed by atoms with Gasteiger partial charge in [-0.15, -0.1) is 0 Å². The first-order chi connectivity index (χ1) is 6.38. The molecule has 1 aliphatic rings. The Morgan fingerprint density at radius 3 is 2.54 bits per heavy atom. The van der Waals surface area contributed by atoms with E-state index in [2.05, 4.69) is 22.1 Å². The van der Waals surface area contributed by atoms with E-state index in [0.29, 0.717) is 7.18 Å². The average molecular weight is 180 g/mol. The van der Waals surface area contributed by atoms with E-state index in [0.717, 1.165) is 23.9 Å². The van der Waals surface area contributed by atoms with Crippen LogP contribution in [0.25, 0.3) is 12.2 Å².